The monoisotopic (exact) mass is 952 g/mol. The predicted octanol–water partition coefficient (Wildman–Crippen LogP) is 6.97. The molecule has 3 aliphatic rings. The molecule has 4 heterocycles. The van der Waals surface area contributed by atoms with Crippen LogP contribution in [0.3, 0.4) is 0 Å². The molecule has 17 nitrogen and oxygen atoms in total. The van der Waals surface area contributed by atoms with Gasteiger partial charge in [-0.2, -0.15) is 0 Å². The van der Waals surface area contributed by atoms with E-state index in [1.165, 1.54) is 21.1 Å². The molecule has 2 aromatic carbocycles. The largest absolute Gasteiger partial charge is 0.497 e. The van der Waals surface area contributed by atoms with Gasteiger partial charge < -0.3 is 50.0 Å². The molecule has 0 bridgehead atoms. The number of alkyl carbamates (subject to hydrolysis) is 1. The number of hydrogen-bond donors (Lipinski definition) is 4. The molecule has 1 saturated heterocycles. The Balaban J connectivity index is 1.15. The van der Waals surface area contributed by atoms with E-state index in [4.69, 9.17) is 24.2 Å². The van der Waals surface area contributed by atoms with Crippen molar-refractivity contribution in [3.63, 3.8) is 0 Å². The van der Waals surface area contributed by atoms with Gasteiger partial charge in [-0.3, -0.25) is 14.4 Å². The summed E-state index contributed by atoms with van der Waals surface area (Å²) in [6.07, 6.45) is 4.82. The first-order valence-corrected chi connectivity index (χ1v) is 24.2. The first-order chi connectivity index (χ1) is 32.5. The minimum Gasteiger partial charge on any atom is -0.497 e. The molecule has 6 atom stereocenters. The molecule has 2 fully saturated rings. The van der Waals surface area contributed by atoms with Crippen LogP contribution in [-0.2, 0) is 19.1 Å². The van der Waals surface area contributed by atoms with Gasteiger partial charge in [-0.1, -0.05) is 38.8 Å². The fourth-order valence-electron chi connectivity index (χ4n) is 8.74. The van der Waals surface area contributed by atoms with Gasteiger partial charge in [0.1, 0.15) is 47.0 Å². The van der Waals surface area contributed by atoms with Gasteiger partial charge in [0, 0.05) is 73.7 Å². The quantitative estimate of drug-likeness (QED) is 0.0944. The van der Waals surface area contributed by atoms with Crippen molar-refractivity contribution in [3.8, 4) is 22.9 Å². The second-order valence-electron chi connectivity index (χ2n) is 18.9. The summed E-state index contributed by atoms with van der Waals surface area (Å²) >= 11 is 1.45. The number of carboxylic acids is 1. The lowest BCUT2D eigenvalue weighted by Crippen LogP contribution is -2.56. The average Bonchev–Trinajstić information content (AvgIpc) is 3.56. The van der Waals surface area contributed by atoms with Crippen molar-refractivity contribution in [3.05, 3.63) is 71.6 Å². The number of amides is 4. The Labute approximate surface area is 401 Å². The van der Waals surface area contributed by atoms with Crippen molar-refractivity contribution in [1.29, 1.82) is 0 Å². The number of benzene rings is 2. The van der Waals surface area contributed by atoms with Gasteiger partial charge in [-0.15, -0.1) is 11.3 Å². The Morgan fingerprint density at radius 1 is 1.00 bits per heavy atom. The zero-order valence-electron chi connectivity index (χ0n) is 40.1. The van der Waals surface area contributed by atoms with Gasteiger partial charge in [-0.25, -0.2) is 19.6 Å². The van der Waals surface area contributed by atoms with Crippen LogP contribution in [0.4, 0.5) is 15.6 Å². The molecule has 1 saturated carbocycles. The molecule has 18 heteroatoms. The highest BCUT2D eigenvalue weighted by atomic mass is 32.1. The van der Waals surface area contributed by atoms with Crippen LogP contribution in [0.2, 0.25) is 0 Å². The smallest absolute Gasteiger partial charge is 0.408 e. The molecule has 68 heavy (non-hydrogen) atoms. The SMILES string of the molecule is COc1ccc2c(O[C@@H]3C[C@H]4C(=O)N[C@]5(C(=O)O)CC5C=CCCCCC[C@H](NC(=O)O[C@H](CN(C)C(=O)c5ccc(N(C)C)cc5)C(C)C)C(=O)N4C3)cc(-c3csc(NC(C)C)n3)nc2c1. The molecule has 4 N–H and O–H groups in total. The van der Waals surface area contributed by atoms with Crippen molar-refractivity contribution >= 4 is 62.8 Å². The van der Waals surface area contributed by atoms with Gasteiger partial charge >= 0.3 is 12.1 Å². The third-order valence-corrected chi connectivity index (χ3v) is 13.6. The van der Waals surface area contributed by atoms with Crippen LogP contribution in [0.1, 0.15) is 83.0 Å². The van der Waals surface area contributed by atoms with E-state index in [0.717, 1.165) is 23.7 Å². The molecule has 7 rings (SSSR count). The lowest BCUT2D eigenvalue weighted by atomic mass is 10.0. The number of methoxy groups -OCH3 is 1. The fourth-order valence-corrected chi connectivity index (χ4v) is 9.59. The molecule has 4 amide bonds. The number of allylic oxidation sites excluding steroid dienone is 1. The molecule has 0 radical (unpaired) electrons. The fraction of sp³-hybridized carbons (Fsp3) is 0.500. The summed E-state index contributed by atoms with van der Waals surface area (Å²) < 4.78 is 18.3. The second-order valence-corrected chi connectivity index (χ2v) is 19.7. The van der Waals surface area contributed by atoms with Crippen molar-refractivity contribution in [1.82, 2.24) is 30.4 Å². The predicted molar refractivity (Wildman–Crippen MR) is 261 cm³/mol. The molecule has 1 unspecified atom stereocenters. The molecule has 2 aliphatic heterocycles. The highest BCUT2D eigenvalue weighted by Crippen LogP contribution is 2.45. The van der Waals surface area contributed by atoms with E-state index in [0.29, 0.717) is 52.2 Å². The number of anilines is 2. The summed E-state index contributed by atoms with van der Waals surface area (Å²) in [6, 6.07) is 12.4. The van der Waals surface area contributed by atoms with Gasteiger partial charge in [-0.05, 0) is 81.8 Å². The number of pyridine rings is 1. The van der Waals surface area contributed by atoms with Crippen molar-refractivity contribution in [2.24, 2.45) is 11.8 Å². The van der Waals surface area contributed by atoms with Crippen LogP contribution >= 0.6 is 11.3 Å². The van der Waals surface area contributed by atoms with E-state index in [1.807, 2.05) is 82.4 Å². The summed E-state index contributed by atoms with van der Waals surface area (Å²) in [5, 5.41) is 22.7. The van der Waals surface area contributed by atoms with E-state index < -0.39 is 59.6 Å². The minimum absolute atomic E-state index is 0.0348. The number of hydrogen-bond acceptors (Lipinski definition) is 13. The van der Waals surface area contributed by atoms with Gasteiger partial charge in [0.2, 0.25) is 11.8 Å². The van der Waals surface area contributed by atoms with Crippen LogP contribution in [0.25, 0.3) is 22.3 Å². The Morgan fingerprint density at radius 2 is 1.76 bits per heavy atom. The van der Waals surface area contributed by atoms with Crippen molar-refractivity contribution in [2.45, 2.75) is 109 Å². The summed E-state index contributed by atoms with van der Waals surface area (Å²) in [7, 11) is 7.06. The number of likely N-dealkylation sites (N-methyl/N-ethyl adjacent to an activating group) is 1. The molecular weight excluding hydrogens is 889 g/mol. The number of thiazole rings is 1. The van der Waals surface area contributed by atoms with Gasteiger partial charge in [0.15, 0.2) is 5.13 Å². The maximum Gasteiger partial charge on any atom is 0.408 e. The van der Waals surface area contributed by atoms with Crippen molar-refractivity contribution in [2.75, 3.05) is 51.6 Å². The van der Waals surface area contributed by atoms with E-state index in [2.05, 4.69) is 16.0 Å². The van der Waals surface area contributed by atoms with E-state index in [9.17, 15) is 29.1 Å². The first-order valence-electron chi connectivity index (χ1n) is 23.4. The Kier molecular flexibility index (Phi) is 15.5. The number of nitrogens with one attached hydrogen (secondary N) is 3. The summed E-state index contributed by atoms with van der Waals surface area (Å²) in [4.78, 5) is 84.0. The van der Waals surface area contributed by atoms with Crippen LogP contribution in [0.15, 0.2) is 66.1 Å². The molecule has 4 aromatic rings. The number of carbonyl (C=O) groups is 5. The van der Waals surface area contributed by atoms with Gasteiger partial charge in [0.25, 0.3) is 5.91 Å². The third-order valence-electron chi connectivity index (χ3n) is 12.8. The molecule has 1 aliphatic carbocycles. The number of aromatic nitrogens is 2. The lowest BCUT2D eigenvalue weighted by Gasteiger charge is -2.30. The summed E-state index contributed by atoms with van der Waals surface area (Å²) in [5.74, 6) is -2.09. The standard InChI is InChI=1S/C50H64N8O9S/c1-29(2)43(27-57(7)45(60)31-16-18-33(19-17-31)56(5)6)67-49(64)54-37-15-13-11-9-10-12-14-32-25-50(32,47(62)63)55-44(59)41-23-35(26-58(41)46(37)61)66-42-24-39(40-28-68-48(53-40)51-30(3)4)52-38-22-34(65-8)20-21-36(38)42/h12,14,16-22,24,28-30,32,35,37,41,43H,9-11,13,15,23,25-27H2,1-8H3,(H,51,53)(H,54,64)(H,55,59)(H,62,63)/t32?,35-,37+,41+,43-,50-/m1/s1. The Morgan fingerprint density at radius 3 is 2.46 bits per heavy atom. The Hall–Kier alpha value is -6.43. The topological polar surface area (TPSA) is 205 Å². The molecule has 0 spiro atoms. The number of rotatable bonds is 14. The van der Waals surface area contributed by atoms with E-state index in [1.54, 1.807) is 44.5 Å². The van der Waals surface area contributed by atoms with Crippen molar-refractivity contribution < 1.29 is 43.3 Å². The minimum atomic E-state index is -1.51. The summed E-state index contributed by atoms with van der Waals surface area (Å²) in [5.41, 5.74) is 1.69. The molecule has 2 aromatic heterocycles. The Bertz CT molecular complexity index is 2510. The first kappa shape index (κ1) is 49.5. The number of carboxylic acid groups (broad SMARTS) is 1. The zero-order valence-corrected chi connectivity index (χ0v) is 40.9. The lowest BCUT2D eigenvalue weighted by molar-refractivity contribution is -0.145. The molecular formula is C50H64N8O9S. The zero-order chi connectivity index (χ0) is 48.9. The number of ether oxygens (including phenoxy) is 3. The third kappa shape index (κ3) is 11.5. The number of aliphatic carboxylic acids is 1. The van der Waals surface area contributed by atoms with Crippen LogP contribution in [0, 0.1) is 11.8 Å². The van der Waals surface area contributed by atoms with Crippen LogP contribution < -0.4 is 30.3 Å². The number of carbonyl (C=O) groups excluding carboxylic acids is 4. The average molecular weight is 953 g/mol. The number of fused-ring (bicyclic) bond motifs is 3. The maximum atomic E-state index is 15.0. The van der Waals surface area contributed by atoms with Crippen LogP contribution in [-0.4, -0.2) is 132 Å². The second kappa shape index (κ2) is 21.3. The maximum absolute atomic E-state index is 15.0. The van der Waals surface area contributed by atoms with Gasteiger partial charge in [0.05, 0.1) is 31.4 Å². The summed E-state index contributed by atoms with van der Waals surface area (Å²) in [6.45, 7) is 7.89. The van der Waals surface area contributed by atoms with Crippen LogP contribution in [0.5, 0.6) is 11.5 Å². The van der Waals surface area contributed by atoms with E-state index >= 15 is 0 Å². The molecule has 364 valence electrons. The highest BCUT2D eigenvalue weighted by Gasteiger charge is 2.61. The number of nitrogens with zero attached hydrogens (tertiary/aromatic N) is 5. The highest BCUT2D eigenvalue weighted by molar-refractivity contribution is 7.14. The normalized spacial score (nSPS) is 22.3. The van der Waals surface area contributed by atoms with E-state index in [-0.39, 0.29) is 50.2 Å².